The predicted molar refractivity (Wildman–Crippen MR) is 79.1 cm³/mol. The molecule has 0 aliphatic carbocycles. The molecule has 0 fully saturated rings. The molecule has 3 rings (SSSR count). The summed E-state index contributed by atoms with van der Waals surface area (Å²) >= 11 is 0. The van der Waals surface area contributed by atoms with Gasteiger partial charge in [-0.25, -0.2) is 0 Å². The quantitative estimate of drug-likeness (QED) is 0.894. The first kappa shape index (κ1) is 12.0. The van der Waals surface area contributed by atoms with Crippen molar-refractivity contribution in [1.29, 1.82) is 0 Å². The summed E-state index contributed by atoms with van der Waals surface area (Å²) < 4.78 is 0. The van der Waals surface area contributed by atoms with Crippen LogP contribution in [0.2, 0.25) is 0 Å². The molecule has 0 amide bonds. The van der Waals surface area contributed by atoms with Gasteiger partial charge in [0, 0.05) is 23.6 Å². The van der Waals surface area contributed by atoms with Gasteiger partial charge in [-0.3, -0.25) is 4.98 Å². The Morgan fingerprint density at radius 2 is 2.16 bits per heavy atom. The molecule has 1 aliphatic heterocycles. The minimum atomic E-state index is 0.540. The summed E-state index contributed by atoms with van der Waals surface area (Å²) in [7, 11) is 0. The van der Waals surface area contributed by atoms with Crippen LogP contribution in [0.3, 0.4) is 0 Å². The fourth-order valence-electron chi connectivity index (χ4n) is 2.76. The first-order valence-electron chi connectivity index (χ1n) is 6.79. The van der Waals surface area contributed by atoms with E-state index in [9.17, 15) is 0 Å². The molecule has 2 heterocycles. The summed E-state index contributed by atoms with van der Waals surface area (Å²) in [6.45, 7) is 3.10. The van der Waals surface area contributed by atoms with Crippen LogP contribution in [-0.2, 0) is 13.0 Å². The highest BCUT2D eigenvalue weighted by molar-refractivity contribution is 5.56. The van der Waals surface area contributed by atoms with Crippen LogP contribution in [0.5, 0.6) is 0 Å². The average molecular weight is 253 g/mol. The molecule has 3 nitrogen and oxygen atoms in total. The van der Waals surface area contributed by atoms with Crippen LogP contribution in [0.25, 0.3) is 0 Å². The van der Waals surface area contributed by atoms with E-state index >= 15 is 0 Å². The predicted octanol–water partition coefficient (Wildman–Crippen LogP) is 3.01. The van der Waals surface area contributed by atoms with Gasteiger partial charge in [0.2, 0.25) is 0 Å². The first-order valence-corrected chi connectivity index (χ1v) is 6.79. The van der Waals surface area contributed by atoms with Crippen molar-refractivity contribution in [1.82, 2.24) is 4.98 Å². The normalized spacial score (nSPS) is 18.2. The summed E-state index contributed by atoms with van der Waals surface area (Å²) in [6, 6.07) is 13.0. The van der Waals surface area contributed by atoms with Gasteiger partial charge in [-0.05, 0) is 43.5 Å². The lowest BCUT2D eigenvalue weighted by atomic mass is 9.96. The molecule has 19 heavy (non-hydrogen) atoms. The molecule has 0 radical (unpaired) electrons. The van der Waals surface area contributed by atoms with E-state index in [1.807, 2.05) is 12.1 Å². The Morgan fingerprint density at radius 3 is 3.00 bits per heavy atom. The third-order valence-corrected chi connectivity index (χ3v) is 3.84. The fraction of sp³-hybridized carbons (Fsp3) is 0.312. The first-order chi connectivity index (χ1) is 9.24. The molecular weight excluding hydrogens is 234 g/mol. The van der Waals surface area contributed by atoms with Gasteiger partial charge in [0.15, 0.2) is 0 Å². The second-order valence-corrected chi connectivity index (χ2v) is 5.22. The number of anilines is 2. The van der Waals surface area contributed by atoms with Gasteiger partial charge >= 0.3 is 0 Å². The topological polar surface area (TPSA) is 42.1 Å². The molecule has 1 aromatic heterocycles. The minimum absolute atomic E-state index is 0.540. The molecule has 1 atom stereocenters. The van der Waals surface area contributed by atoms with E-state index < -0.39 is 0 Å². The lowest BCUT2D eigenvalue weighted by Gasteiger charge is -2.37. The van der Waals surface area contributed by atoms with Gasteiger partial charge in [-0.2, -0.15) is 0 Å². The molecular formula is C16H19N3. The van der Waals surface area contributed by atoms with Crippen LogP contribution in [0.4, 0.5) is 11.4 Å². The Bertz CT molecular complexity index is 580. The second-order valence-electron chi connectivity index (χ2n) is 5.22. The average Bonchev–Trinajstić information content (AvgIpc) is 2.42. The SMILES string of the molecule is CC1CCc2ccccc2N1Cc1cc(N)ccn1. The Hall–Kier alpha value is -2.03. The van der Waals surface area contributed by atoms with Gasteiger partial charge in [0.05, 0.1) is 12.2 Å². The van der Waals surface area contributed by atoms with Gasteiger partial charge in [0.1, 0.15) is 0 Å². The van der Waals surface area contributed by atoms with E-state index in [2.05, 4.69) is 41.1 Å². The Kier molecular flexibility index (Phi) is 3.11. The molecule has 0 saturated heterocycles. The van der Waals surface area contributed by atoms with Crippen molar-refractivity contribution in [2.75, 3.05) is 10.6 Å². The van der Waals surface area contributed by atoms with Crippen molar-refractivity contribution in [2.45, 2.75) is 32.4 Å². The highest BCUT2D eigenvalue weighted by atomic mass is 15.2. The molecule has 2 aromatic rings. The van der Waals surface area contributed by atoms with E-state index in [-0.39, 0.29) is 0 Å². The van der Waals surface area contributed by atoms with Crippen molar-refractivity contribution in [2.24, 2.45) is 0 Å². The molecule has 2 N–H and O–H groups in total. The third kappa shape index (κ3) is 2.41. The maximum absolute atomic E-state index is 5.83. The lowest BCUT2D eigenvalue weighted by molar-refractivity contribution is 0.556. The largest absolute Gasteiger partial charge is 0.399 e. The zero-order chi connectivity index (χ0) is 13.2. The van der Waals surface area contributed by atoms with Crippen molar-refractivity contribution in [3.63, 3.8) is 0 Å². The number of fused-ring (bicyclic) bond motifs is 1. The van der Waals surface area contributed by atoms with E-state index in [1.54, 1.807) is 6.20 Å². The Labute approximate surface area is 114 Å². The summed E-state index contributed by atoms with van der Waals surface area (Å²) in [4.78, 5) is 6.85. The summed E-state index contributed by atoms with van der Waals surface area (Å²) in [5.74, 6) is 0. The maximum Gasteiger partial charge on any atom is 0.0617 e. The number of nitrogens with zero attached hydrogens (tertiary/aromatic N) is 2. The number of hydrogen-bond donors (Lipinski definition) is 1. The van der Waals surface area contributed by atoms with Crippen LogP contribution in [0, 0.1) is 0 Å². The molecule has 0 saturated carbocycles. The molecule has 1 aromatic carbocycles. The van der Waals surface area contributed by atoms with Crippen molar-refractivity contribution < 1.29 is 0 Å². The van der Waals surface area contributed by atoms with Crippen molar-refractivity contribution in [3.8, 4) is 0 Å². The Morgan fingerprint density at radius 1 is 1.32 bits per heavy atom. The van der Waals surface area contributed by atoms with E-state index in [1.165, 1.54) is 17.7 Å². The number of rotatable bonds is 2. The Balaban J connectivity index is 1.91. The zero-order valence-corrected chi connectivity index (χ0v) is 11.2. The number of pyridine rings is 1. The molecule has 0 spiro atoms. The van der Waals surface area contributed by atoms with Crippen molar-refractivity contribution in [3.05, 3.63) is 53.9 Å². The van der Waals surface area contributed by atoms with Crippen LogP contribution in [-0.4, -0.2) is 11.0 Å². The van der Waals surface area contributed by atoms with Crippen molar-refractivity contribution >= 4 is 11.4 Å². The van der Waals surface area contributed by atoms with Crippen LogP contribution in [0.1, 0.15) is 24.6 Å². The second kappa shape index (κ2) is 4.92. The van der Waals surface area contributed by atoms with Gasteiger partial charge in [-0.1, -0.05) is 18.2 Å². The number of hydrogen-bond acceptors (Lipinski definition) is 3. The van der Waals surface area contributed by atoms with E-state index in [4.69, 9.17) is 5.73 Å². The smallest absolute Gasteiger partial charge is 0.0617 e. The molecule has 1 aliphatic rings. The zero-order valence-electron chi connectivity index (χ0n) is 11.2. The maximum atomic E-state index is 5.83. The minimum Gasteiger partial charge on any atom is -0.399 e. The molecule has 98 valence electrons. The monoisotopic (exact) mass is 253 g/mol. The van der Waals surface area contributed by atoms with Crippen LogP contribution < -0.4 is 10.6 Å². The number of aromatic nitrogens is 1. The molecule has 3 heteroatoms. The van der Waals surface area contributed by atoms with E-state index in [0.29, 0.717) is 6.04 Å². The van der Waals surface area contributed by atoms with Crippen LogP contribution >= 0.6 is 0 Å². The number of benzene rings is 1. The van der Waals surface area contributed by atoms with E-state index in [0.717, 1.165) is 24.3 Å². The van der Waals surface area contributed by atoms with Gasteiger partial charge < -0.3 is 10.6 Å². The number of aryl methyl sites for hydroxylation is 1. The fourth-order valence-corrected chi connectivity index (χ4v) is 2.76. The van der Waals surface area contributed by atoms with Gasteiger partial charge in [-0.15, -0.1) is 0 Å². The summed E-state index contributed by atoms with van der Waals surface area (Å²) in [5.41, 5.74) is 10.4. The standard InChI is InChI=1S/C16H19N3/c1-12-6-7-13-4-2-3-5-16(13)19(12)11-15-10-14(17)8-9-18-15/h2-5,8-10,12H,6-7,11H2,1H3,(H2,17,18). The molecule has 1 unspecified atom stereocenters. The van der Waals surface area contributed by atoms with Crippen LogP contribution in [0.15, 0.2) is 42.6 Å². The van der Waals surface area contributed by atoms with Gasteiger partial charge in [0.25, 0.3) is 0 Å². The number of nitrogen functional groups attached to an aromatic ring is 1. The highest BCUT2D eigenvalue weighted by Gasteiger charge is 2.22. The third-order valence-electron chi connectivity index (χ3n) is 3.84. The lowest BCUT2D eigenvalue weighted by Crippen LogP contribution is -2.36. The number of nitrogens with two attached hydrogens (primary N) is 1. The summed E-state index contributed by atoms with van der Waals surface area (Å²) in [5, 5.41) is 0. The number of para-hydroxylation sites is 1. The highest BCUT2D eigenvalue weighted by Crippen LogP contribution is 2.31. The summed E-state index contributed by atoms with van der Waals surface area (Å²) in [6.07, 6.45) is 4.14. The molecule has 0 bridgehead atoms.